The number of amides is 1. The Morgan fingerprint density at radius 1 is 1.12 bits per heavy atom. The topological polar surface area (TPSA) is 63.1 Å². The lowest BCUT2D eigenvalue weighted by Gasteiger charge is -2.45. The van der Waals surface area contributed by atoms with Crippen LogP contribution in [-0.2, 0) is 0 Å². The van der Waals surface area contributed by atoms with E-state index in [4.69, 9.17) is 0 Å². The zero-order chi connectivity index (χ0) is 17.3. The Morgan fingerprint density at radius 2 is 1.84 bits per heavy atom. The van der Waals surface area contributed by atoms with Crippen LogP contribution in [0.25, 0.3) is 0 Å². The van der Waals surface area contributed by atoms with Gasteiger partial charge in [-0.2, -0.15) is 0 Å². The third-order valence-corrected chi connectivity index (χ3v) is 6.65. The summed E-state index contributed by atoms with van der Waals surface area (Å²) in [6.45, 7) is 5.84. The summed E-state index contributed by atoms with van der Waals surface area (Å²) >= 11 is 0. The molecular weight excluding hydrogens is 314 g/mol. The molecule has 4 rings (SSSR count). The maximum atomic E-state index is 13.1. The van der Waals surface area contributed by atoms with Crippen LogP contribution in [-0.4, -0.2) is 52.0 Å². The van der Waals surface area contributed by atoms with Crippen molar-refractivity contribution in [1.82, 2.24) is 25.2 Å². The van der Waals surface area contributed by atoms with E-state index in [0.29, 0.717) is 17.2 Å². The smallest absolute Gasteiger partial charge is 0.276 e. The summed E-state index contributed by atoms with van der Waals surface area (Å²) in [5, 5.41) is 12.0. The standard InChI is InChI=1S/C19H31N5O/c1-15-17(21-22-24(15)16-6-11-20-12-7-16)18(25)23-13-5-10-19(14-23)8-3-2-4-9-19/h16,20H,2-14H2,1H3. The molecule has 138 valence electrons. The zero-order valence-corrected chi connectivity index (χ0v) is 15.5. The second-order valence-corrected chi connectivity index (χ2v) is 8.34. The minimum atomic E-state index is 0.0994. The Kier molecular flexibility index (Phi) is 4.80. The van der Waals surface area contributed by atoms with Gasteiger partial charge in [0.1, 0.15) is 0 Å². The van der Waals surface area contributed by atoms with Gasteiger partial charge in [0.05, 0.1) is 11.7 Å². The summed E-state index contributed by atoms with van der Waals surface area (Å²) in [6, 6.07) is 0.376. The molecule has 0 unspecified atom stereocenters. The van der Waals surface area contributed by atoms with Crippen LogP contribution in [0, 0.1) is 12.3 Å². The van der Waals surface area contributed by atoms with Crippen molar-refractivity contribution in [2.75, 3.05) is 26.2 Å². The molecule has 1 saturated carbocycles. The van der Waals surface area contributed by atoms with Crippen molar-refractivity contribution in [2.45, 2.75) is 70.8 Å². The molecule has 0 bridgehead atoms. The molecule has 1 aromatic heterocycles. The molecule has 25 heavy (non-hydrogen) atoms. The van der Waals surface area contributed by atoms with Crippen LogP contribution in [0.5, 0.6) is 0 Å². The molecule has 0 aromatic carbocycles. The van der Waals surface area contributed by atoms with Gasteiger partial charge in [-0.25, -0.2) is 4.68 Å². The summed E-state index contributed by atoms with van der Waals surface area (Å²) in [5.41, 5.74) is 1.90. The lowest BCUT2D eigenvalue weighted by atomic mass is 9.69. The lowest BCUT2D eigenvalue weighted by molar-refractivity contribution is 0.0379. The number of rotatable bonds is 2. The molecule has 1 spiro atoms. The first-order valence-corrected chi connectivity index (χ1v) is 10.1. The van der Waals surface area contributed by atoms with Crippen LogP contribution < -0.4 is 5.32 Å². The zero-order valence-electron chi connectivity index (χ0n) is 15.5. The normalized spacial score (nSPS) is 24.6. The van der Waals surface area contributed by atoms with E-state index in [9.17, 15) is 4.79 Å². The molecule has 0 atom stereocenters. The van der Waals surface area contributed by atoms with E-state index in [1.54, 1.807) is 0 Å². The van der Waals surface area contributed by atoms with Gasteiger partial charge in [-0.15, -0.1) is 5.10 Å². The van der Waals surface area contributed by atoms with E-state index in [0.717, 1.165) is 51.1 Å². The number of aromatic nitrogens is 3. The van der Waals surface area contributed by atoms with Gasteiger partial charge < -0.3 is 10.2 Å². The number of nitrogens with one attached hydrogen (secondary N) is 1. The summed E-state index contributed by atoms with van der Waals surface area (Å²) in [5.74, 6) is 0.0994. The average Bonchev–Trinajstić information content (AvgIpc) is 3.04. The maximum absolute atomic E-state index is 13.1. The summed E-state index contributed by atoms with van der Waals surface area (Å²) in [6.07, 6.45) is 11.1. The second kappa shape index (κ2) is 7.06. The number of likely N-dealkylation sites (tertiary alicyclic amines) is 1. The van der Waals surface area contributed by atoms with Crippen LogP contribution in [0.3, 0.4) is 0 Å². The molecule has 3 heterocycles. The van der Waals surface area contributed by atoms with E-state index < -0.39 is 0 Å². The largest absolute Gasteiger partial charge is 0.337 e. The Labute approximate surface area is 150 Å². The highest BCUT2D eigenvalue weighted by Gasteiger charge is 2.39. The molecule has 3 fully saturated rings. The molecule has 1 amide bonds. The Morgan fingerprint density at radius 3 is 2.60 bits per heavy atom. The quantitative estimate of drug-likeness (QED) is 0.895. The first kappa shape index (κ1) is 17.0. The third-order valence-electron chi connectivity index (χ3n) is 6.65. The molecule has 0 radical (unpaired) electrons. The highest BCUT2D eigenvalue weighted by atomic mass is 16.2. The van der Waals surface area contributed by atoms with Gasteiger partial charge in [-0.1, -0.05) is 24.5 Å². The van der Waals surface area contributed by atoms with Gasteiger partial charge in [-0.05, 0) is 64.0 Å². The predicted molar refractivity (Wildman–Crippen MR) is 96.6 cm³/mol. The summed E-state index contributed by atoms with van der Waals surface area (Å²) in [4.78, 5) is 15.2. The van der Waals surface area contributed by atoms with Gasteiger partial charge >= 0.3 is 0 Å². The molecule has 1 aromatic rings. The van der Waals surface area contributed by atoms with Crippen molar-refractivity contribution in [3.05, 3.63) is 11.4 Å². The fraction of sp³-hybridized carbons (Fsp3) is 0.842. The van der Waals surface area contributed by atoms with Crippen LogP contribution in [0.2, 0.25) is 0 Å². The van der Waals surface area contributed by atoms with Gasteiger partial charge in [0, 0.05) is 13.1 Å². The van der Waals surface area contributed by atoms with Crippen molar-refractivity contribution in [1.29, 1.82) is 0 Å². The minimum absolute atomic E-state index is 0.0994. The van der Waals surface area contributed by atoms with Gasteiger partial charge in [0.15, 0.2) is 5.69 Å². The van der Waals surface area contributed by atoms with Gasteiger partial charge in [0.2, 0.25) is 0 Å². The molecule has 2 saturated heterocycles. The van der Waals surface area contributed by atoms with Crippen molar-refractivity contribution in [2.24, 2.45) is 5.41 Å². The molecule has 6 heteroatoms. The van der Waals surface area contributed by atoms with Crippen LogP contribution in [0.4, 0.5) is 0 Å². The molecule has 2 aliphatic heterocycles. The molecular formula is C19H31N5O. The van der Waals surface area contributed by atoms with E-state index in [1.165, 1.54) is 38.5 Å². The summed E-state index contributed by atoms with van der Waals surface area (Å²) < 4.78 is 1.99. The summed E-state index contributed by atoms with van der Waals surface area (Å²) in [7, 11) is 0. The molecule has 1 aliphatic carbocycles. The van der Waals surface area contributed by atoms with Crippen molar-refractivity contribution >= 4 is 5.91 Å². The van der Waals surface area contributed by atoms with Crippen molar-refractivity contribution in [3.8, 4) is 0 Å². The lowest BCUT2D eigenvalue weighted by Crippen LogP contribution is -2.47. The van der Waals surface area contributed by atoms with Crippen molar-refractivity contribution in [3.63, 3.8) is 0 Å². The third kappa shape index (κ3) is 3.33. The van der Waals surface area contributed by atoms with Gasteiger partial charge in [0.25, 0.3) is 5.91 Å². The minimum Gasteiger partial charge on any atom is -0.337 e. The monoisotopic (exact) mass is 345 g/mol. The molecule has 6 nitrogen and oxygen atoms in total. The number of hydrogen-bond acceptors (Lipinski definition) is 4. The van der Waals surface area contributed by atoms with Crippen LogP contribution in [0.15, 0.2) is 0 Å². The van der Waals surface area contributed by atoms with Crippen LogP contribution in [0.1, 0.15) is 80.0 Å². The number of carbonyl (C=O) groups is 1. The van der Waals surface area contributed by atoms with Crippen molar-refractivity contribution < 1.29 is 4.79 Å². The van der Waals surface area contributed by atoms with E-state index >= 15 is 0 Å². The fourth-order valence-corrected chi connectivity index (χ4v) is 5.18. The Balaban J connectivity index is 1.49. The van der Waals surface area contributed by atoms with Crippen LogP contribution >= 0.6 is 0 Å². The number of nitrogens with zero attached hydrogens (tertiary/aromatic N) is 4. The number of piperidine rings is 2. The predicted octanol–water partition coefficient (Wildman–Crippen LogP) is 2.70. The highest BCUT2D eigenvalue weighted by molar-refractivity contribution is 5.93. The Bertz CT molecular complexity index is 608. The Hall–Kier alpha value is -1.43. The van der Waals surface area contributed by atoms with E-state index in [1.807, 2.05) is 11.6 Å². The maximum Gasteiger partial charge on any atom is 0.276 e. The van der Waals surface area contributed by atoms with Gasteiger partial charge in [-0.3, -0.25) is 4.79 Å². The highest BCUT2D eigenvalue weighted by Crippen LogP contribution is 2.43. The number of carbonyl (C=O) groups excluding carboxylic acids is 1. The fourth-order valence-electron chi connectivity index (χ4n) is 5.18. The molecule has 3 aliphatic rings. The van der Waals surface area contributed by atoms with E-state index in [2.05, 4.69) is 20.5 Å². The average molecular weight is 345 g/mol. The SMILES string of the molecule is Cc1c(C(=O)N2CCCC3(CCCCC3)C2)nnn1C1CCNCC1. The molecule has 1 N–H and O–H groups in total. The first-order valence-electron chi connectivity index (χ1n) is 10.1. The second-order valence-electron chi connectivity index (χ2n) is 8.34. The number of hydrogen-bond donors (Lipinski definition) is 1. The first-order chi connectivity index (χ1) is 12.2. The van der Waals surface area contributed by atoms with E-state index in [-0.39, 0.29) is 5.91 Å².